The van der Waals surface area contributed by atoms with Crippen molar-refractivity contribution in [2.24, 2.45) is 4.99 Å². The van der Waals surface area contributed by atoms with E-state index in [9.17, 15) is 9.59 Å². The van der Waals surface area contributed by atoms with E-state index < -0.39 is 6.04 Å². The minimum atomic E-state index is -0.753. The highest BCUT2D eigenvalue weighted by Crippen LogP contribution is 2.38. The molecule has 4 rings (SSSR count). The third-order valence-corrected chi connectivity index (χ3v) is 8.66. The molecule has 1 aromatic carbocycles. The lowest BCUT2D eigenvalue weighted by molar-refractivity contribution is -0.127. The minimum Gasteiger partial charge on any atom is -0.497 e. The second kappa shape index (κ2) is 10.8. The number of rotatable bonds is 7. The Kier molecular flexibility index (Phi) is 7.91. The average Bonchev–Trinajstić information content (AvgIpc) is 3.35. The molecule has 3 heterocycles. The van der Waals surface area contributed by atoms with Crippen molar-refractivity contribution < 1.29 is 18.7 Å². The summed E-state index contributed by atoms with van der Waals surface area (Å²) in [5.41, 5.74) is 1.33. The number of carbonyl (C=O) groups excluding carboxylic acids is 1. The number of ether oxygens (including phenoxy) is 2. The van der Waals surface area contributed by atoms with Crippen LogP contribution in [0.5, 0.6) is 11.5 Å². The molecule has 0 N–H and O–H groups in total. The number of fused-ring (bicyclic) bond motifs is 1. The van der Waals surface area contributed by atoms with Gasteiger partial charge in [0.2, 0.25) is 0 Å². The summed E-state index contributed by atoms with van der Waals surface area (Å²) in [7, 11) is 3.13. The largest absolute Gasteiger partial charge is 0.497 e. The topological polar surface area (TPSA) is 86.3 Å². The Morgan fingerprint density at radius 1 is 1.22 bits per heavy atom. The van der Waals surface area contributed by atoms with Crippen LogP contribution in [0.25, 0.3) is 6.08 Å². The lowest BCUT2D eigenvalue weighted by Crippen LogP contribution is -2.43. The average molecular weight is 639 g/mol. The highest BCUT2D eigenvalue weighted by molar-refractivity contribution is 9.13. The molecule has 190 valence electrons. The number of likely N-dealkylation sites (N-methyl/N-ethyl adjacent to an activating group) is 1. The second-order valence-electron chi connectivity index (χ2n) is 7.94. The molecule has 0 saturated carbocycles. The summed E-state index contributed by atoms with van der Waals surface area (Å²) < 4.78 is 20.1. The van der Waals surface area contributed by atoms with E-state index in [0.29, 0.717) is 61.2 Å². The van der Waals surface area contributed by atoms with Gasteiger partial charge in [-0.2, -0.15) is 0 Å². The quantitative estimate of drug-likeness (QED) is 0.387. The molecule has 0 radical (unpaired) electrons. The van der Waals surface area contributed by atoms with Gasteiger partial charge in [0, 0.05) is 24.7 Å². The number of aromatic nitrogens is 1. The van der Waals surface area contributed by atoms with Crippen LogP contribution >= 0.6 is 43.2 Å². The predicted octanol–water partition coefficient (Wildman–Crippen LogP) is 4.24. The van der Waals surface area contributed by atoms with Crippen LogP contribution in [0.1, 0.15) is 38.1 Å². The minimum absolute atomic E-state index is 0.177. The van der Waals surface area contributed by atoms with E-state index in [1.807, 2.05) is 13.8 Å². The molecule has 1 amide bonds. The van der Waals surface area contributed by atoms with E-state index in [4.69, 9.17) is 18.9 Å². The summed E-state index contributed by atoms with van der Waals surface area (Å²) in [4.78, 5) is 34.5. The monoisotopic (exact) mass is 637 g/mol. The molecule has 3 aromatic rings. The molecule has 2 aromatic heterocycles. The van der Waals surface area contributed by atoms with E-state index in [-0.39, 0.29) is 11.5 Å². The fraction of sp³-hybridized carbons (Fsp3) is 0.320. The molecule has 0 spiro atoms. The first-order valence-electron chi connectivity index (χ1n) is 11.2. The Bertz CT molecular complexity index is 1510. The number of amides is 1. The Labute approximate surface area is 228 Å². The molecule has 0 unspecified atom stereocenters. The highest BCUT2D eigenvalue weighted by Gasteiger charge is 2.36. The van der Waals surface area contributed by atoms with Gasteiger partial charge in [0.05, 0.1) is 34.5 Å². The van der Waals surface area contributed by atoms with Crippen molar-refractivity contribution in [2.45, 2.75) is 26.8 Å². The molecular formula is C25H25Br2N3O5S. The van der Waals surface area contributed by atoms with Gasteiger partial charge in [0.15, 0.2) is 9.47 Å². The SMILES string of the molecule is CCN(CC)C(=O)C1=C(C)N=c2s/c(=C/c3cc(Br)c(Br)o3)c(=O)n2[C@@H]1c1cc(OC)ccc1OC. The number of halogens is 2. The zero-order valence-corrected chi connectivity index (χ0v) is 24.4. The van der Waals surface area contributed by atoms with Crippen molar-refractivity contribution in [3.8, 4) is 11.5 Å². The van der Waals surface area contributed by atoms with Gasteiger partial charge in [-0.15, -0.1) is 0 Å². The summed E-state index contributed by atoms with van der Waals surface area (Å²) in [5, 5.41) is 0. The van der Waals surface area contributed by atoms with Crippen LogP contribution in [0, 0.1) is 0 Å². The molecule has 0 saturated heterocycles. The van der Waals surface area contributed by atoms with Gasteiger partial charge in [-0.1, -0.05) is 11.3 Å². The number of hydrogen-bond donors (Lipinski definition) is 0. The summed E-state index contributed by atoms with van der Waals surface area (Å²) in [6.07, 6.45) is 1.67. The molecule has 1 aliphatic rings. The fourth-order valence-electron chi connectivity index (χ4n) is 4.19. The maximum Gasteiger partial charge on any atom is 0.271 e. The van der Waals surface area contributed by atoms with E-state index in [1.165, 1.54) is 11.3 Å². The van der Waals surface area contributed by atoms with Gasteiger partial charge >= 0.3 is 0 Å². The molecule has 11 heteroatoms. The van der Waals surface area contributed by atoms with Crippen molar-refractivity contribution >= 4 is 55.2 Å². The normalized spacial score (nSPS) is 15.5. The van der Waals surface area contributed by atoms with Crippen LogP contribution in [0.3, 0.4) is 0 Å². The third kappa shape index (κ3) is 4.71. The number of carbonyl (C=O) groups is 1. The maximum absolute atomic E-state index is 13.8. The van der Waals surface area contributed by atoms with Gasteiger partial charge < -0.3 is 18.8 Å². The van der Waals surface area contributed by atoms with E-state index in [1.54, 1.807) is 61.0 Å². The Balaban J connectivity index is 2.03. The standard InChI is InChI=1S/C25H25Br2N3O5S/c1-6-29(7-2)24(32)20-13(3)28-25-30(21(20)16-10-14(33-4)8-9-18(16)34-5)23(31)19(36-25)12-15-11-17(26)22(27)35-15/h8-12,21H,6-7H2,1-5H3/b19-12+/t21-/m1/s1. The molecule has 0 bridgehead atoms. The molecule has 0 fully saturated rings. The van der Waals surface area contributed by atoms with Crippen LogP contribution < -0.4 is 24.4 Å². The first-order valence-corrected chi connectivity index (χ1v) is 13.6. The third-order valence-electron chi connectivity index (χ3n) is 5.97. The Morgan fingerprint density at radius 2 is 1.94 bits per heavy atom. The molecule has 1 aliphatic heterocycles. The lowest BCUT2D eigenvalue weighted by Gasteiger charge is -2.30. The Hall–Kier alpha value is -2.63. The van der Waals surface area contributed by atoms with Crippen molar-refractivity contribution in [1.29, 1.82) is 0 Å². The van der Waals surface area contributed by atoms with E-state index in [2.05, 4.69) is 31.9 Å². The number of furan rings is 1. The number of thiazole rings is 1. The number of nitrogens with zero attached hydrogens (tertiary/aromatic N) is 3. The van der Waals surface area contributed by atoms with Crippen molar-refractivity contribution in [3.05, 3.63) is 75.7 Å². The zero-order valence-electron chi connectivity index (χ0n) is 20.4. The molecule has 1 atom stereocenters. The highest BCUT2D eigenvalue weighted by atomic mass is 79.9. The Morgan fingerprint density at radius 3 is 2.53 bits per heavy atom. The van der Waals surface area contributed by atoms with Gasteiger partial charge in [0.25, 0.3) is 11.5 Å². The van der Waals surface area contributed by atoms with Crippen molar-refractivity contribution in [3.63, 3.8) is 0 Å². The molecule has 36 heavy (non-hydrogen) atoms. The van der Waals surface area contributed by atoms with E-state index in [0.717, 1.165) is 4.47 Å². The summed E-state index contributed by atoms with van der Waals surface area (Å²) in [5.74, 6) is 1.45. The smallest absolute Gasteiger partial charge is 0.271 e. The van der Waals surface area contributed by atoms with Crippen LogP contribution in [0.4, 0.5) is 0 Å². The van der Waals surface area contributed by atoms with Gasteiger partial charge in [-0.05, 0) is 76.9 Å². The maximum atomic E-state index is 13.8. The molecule has 0 aliphatic carbocycles. The van der Waals surface area contributed by atoms with Crippen molar-refractivity contribution in [1.82, 2.24) is 9.47 Å². The summed E-state index contributed by atoms with van der Waals surface area (Å²) >= 11 is 7.96. The van der Waals surface area contributed by atoms with Gasteiger partial charge in [-0.3, -0.25) is 14.2 Å². The van der Waals surface area contributed by atoms with Crippen LogP contribution in [-0.4, -0.2) is 42.7 Å². The van der Waals surface area contributed by atoms with Gasteiger partial charge in [-0.25, -0.2) is 4.99 Å². The number of allylic oxidation sites excluding steroid dienone is 1. The molecule has 8 nitrogen and oxygen atoms in total. The summed E-state index contributed by atoms with van der Waals surface area (Å²) in [6.45, 7) is 6.70. The summed E-state index contributed by atoms with van der Waals surface area (Å²) in [6, 6.07) is 6.37. The zero-order chi connectivity index (χ0) is 26.1. The molecular weight excluding hydrogens is 614 g/mol. The van der Waals surface area contributed by atoms with Gasteiger partial charge in [0.1, 0.15) is 23.3 Å². The lowest BCUT2D eigenvalue weighted by atomic mass is 9.93. The van der Waals surface area contributed by atoms with Crippen LogP contribution in [0.15, 0.2) is 58.9 Å². The number of benzene rings is 1. The van der Waals surface area contributed by atoms with Crippen molar-refractivity contribution in [2.75, 3.05) is 27.3 Å². The van der Waals surface area contributed by atoms with Crippen LogP contribution in [0.2, 0.25) is 0 Å². The number of hydrogen-bond acceptors (Lipinski definition) is 7. The first kappa shape index (κ1) is 26.4. The first-order chi connectivity index (χ1) is 17.2. The van der Waals surface area contributed by atoms with E-state index >= 15 is 0 Å². The predicted molar refractivity (Wildman–Crippen MR) is 145 cm³/mol. The fourth-order valence-corrected chi connectivity index (χ4v) is 5.82. The van der Waals surface area contributed by atoms with Crippen LogP contribution in [-0.2, 0) is 4.79 Å². The number of methoxy groups -OCH3 is 2. The second-order valence-corrected chi connectivity index (χ2v) is 10.5.